The highest BCUT2D eigenvalue weighted by atomic mass is 15.3. The highest BCUT2D eigenvalue weighted by Crippen LogP contribution is 2.27. The van der Waals surface area contributed by atoms with E-state index in [0.717, 1.165) is 27.7 Å². The normalized spacial score (nSPS) is 11.2. The Hall–Kier alpha value is -3.02. The Bertz CT molecular complexity index is 927. The summed E-state index contributed by atoms with van der Waals surface area (Å²) in [7, 11) is 0. The van der Waals surface area contributed by atoms with Crippen LogP contribution in [0.1, 0.15) is 0 Å². The van der Waals surface area contributed by atoms with Gasteiger partial charge in [-0.1, -0.05) is 6.07 Å². The number of fused-ring (bicyclic) bond motifs is 2. The van der Waals surface area contributed by atoms with E-state index in [2.05, 4.69) is 20.1 Å². The molecule has 0 radical (unpaired) electrons. The van der Waals surface area contributed by atoms with Crippen molar-refractivity contribution in [2.75, 3.05) is 5.73 Å². The molecule has 3 aromatic heterocycles. The van der Waals surface area contributed by atoms with Gasteiger partial charge in [-0.25, -0.2) is 9.50 Å². The van der Waals surface area contributed by atoms with Crippen LogP contribution in [0.3, 0.4) is 0 Å². The molecule has 0 unspecified atom stereocenters. The summed E-state index contributed by atoms with van der Waals surface area (Å²) in [4.78, 5) is 12.6. The third kappa shape index (κ3) is 1.58. The minimum absolute atomic E-state index is 0.254. The van der Waals surface area contributed by atoms with E-state index in [1.54, 1.807) is 23.1 Å². The minimum atomic E-state index is 0.254. The Morgan fingerprint density at radius 3 is 2.70 bits per heavy atom. The van der Waals surface area contributed by atoms with Crippen LogP contribution in [-0.4, -0.2) is 24.6 Å². The van der Waals surface area contributed by atoms with Crippen molar-refractivity contribution in [3.63, 3.8) is 0 Å². The lowest BCUT2D eigenvalue weighted by atomic mass is 10.1. The number of rotatable bonds is 1. The smallest absolute Gasteiger partial charge is 0.238 e. The Morgan fingerprint density at radius 1 is 0.950 bits per heavy atom. The van der Waals surface area contributed by atoms with Gasteiger partial charge < -0.3 is 5.73 Å². The molecule has 0 atom stereocenters. The van der Waals surface area contributed by atoms with Crippen molar-refractivity contribution in [2.24, 2.45) is 0 Å². The number of anilines is 1. The fourth-order valence-corrected chi connectivity index (χ4v) is 2.29. The first kappa shape index (κ1) is 10.9. The fourth-order valence-electron chi connectivity index (χ4n) is 2.29. The number of nitrogens with zero attached hydrogens (tertiary/aromatic N) is 5. The van der Waals surface area contributed by atoms with Gasteiger partial charge in [0.1, 0.15) is 0 Å². The first-order valence-corrected chi connectivity index (χ1v) is 6.12. The quantitative estimate of drug-likeness (QED) is 0.566. The predicted octanol–water partition coefficient (Wildman–Crippen LogP) is 1.92. The molecule has 2 N–H and O–H groups in total. The van der Waals surface area contributed by atoms with Gasteiger partial charge in [0.15, 0.2) is 0 Å². The van der Waals surface area contributed by atoms with Crippen LogP contribution >= 0.6 is 0 Å². The van der Waals surface area contributed by atoms with Crippen molar-refractivity contribution in [3.05, 3.63) is 49.1 Å². The molecule has 0 saturated carbocycles. The maximum Gasteiger partial charge on any atom is 0.238 e. The fraction of sp³-hybridized carbons (Fsp3) is 0. The van der Waals surface area contributed by atoms with Gasteiger partial charge >= 0.3 is 0 Å². The topological polar surface area (TPSA) is 82.0 Å². The standard InChI is InChI=1S/C14H10N6/c15-14-18-8-13-10(3-6-20(13)19-14)9-1-2-11-12(7-9)17-5-4-16-11/h1-8H,(H2,15,19). The molecule has 6 heteroatoms. The molecule has 0 aliphatic carbocycles. The van der Waals surface area contributed by atoms with Gasteiger partial charge in [0.05, 0.1) is 22.7 Å². The highest BCUT2D eigenvalue weighted by Gasteiger charge is 2.08. The maximum atomic E-state index is 5.58. The summed E-state index contributed by atoms with van der Waals surface area (Å²) in [5.41, 5.74) is 10.3. The van der Waals surface area contributed by atoms with Crippen molar-refractivity contribution in [1.82, 2.24) is 24.6 Å². The second-order valence-corrected chi connectivity index (χ2v) is 4.44. The van der Waals surface area contributed by atoms with Crippen LogP contribution in [-0.2, 0) is 0 Å². The number of hydrogen-bond donors (Lipinski definition) is 1. The van der Waals surface area contributed by atoms with Crippen molar-refractivity contribution < 1.29 is 0 Å². The lowest BCUT2D eigenvalue weighted by Crippen LogP contribution is -1.99. The SMILES string of the molecule is Nc1ncc2c(-c3ccc4nccnc4c3)ccn2n1. The monoisotopic (exact) mass is 262 g/mol. The molecule has 0 fully saturated rings. The zero-order valence-corrected chi connectivity index (χ0v) is 10.4. The summed E-state index contributed by atoms with van der Waals surface area (Å²) in [6, 6.07) is 7.97. The van der Waals surface area contributed by atoms with E-state index in [4.69, 9.17) is 5.73 Å². The third-order valence-electron chi connectivity index (χ3n) is 3.21. The van der Waals surface area contributed by atoms with E-state index < -0.39 is 0 Å². The van der Waals surface area contributed by atoms with Gasteiger partial charge in [0.25, 0.3) is 0 Å². The molecule has 0 aliphatic heterocycles. The Labute approximate surface area is 113 Å². The molecular formula is C14H10N6. The molecule has 0 bridgehead atoms. The molecule has 20 heavy (non-hydrogen) atoms. The molecule has 0 amide bonds. The summed E-state index contributed by atoms with van der Waals surface area (Å²) >= 11 is 0. The largest absolute Gasteiger partial charge is 0.367 e. The second-order valence-electron chi connectivity index (χ2n) is 4.44. The molecule has 6 nitrogen and oxygen atoms in total. The summed E-state index contributed by atoms with van der Waals surface area (Å²) in [5, 5.41) is 4.14. The predicted molar refractivity (Wildman–Crippen MR) is 75.9 cm³/mol. The number of hydrogen-bond acceptors (Lipinski definition) is 5. The third-order valence-corrected chi connectivity index (χ3v) is 3.21. The minimum Gasteiger partial charge on any atom is -0.367 e. The highest BCUT2D eigenvalue weighted by molar-refractivity contribution is 5.86. The van der Waals surface area contributed by atoms with Crippen LogP contribution in [0.4, 0.5) is 5.95 Å². The van der Waals surface area contributed by atoms with Gasteiger partial charge in [-0.2, -0.15) is 0 Å². The number of nitrogens with two attached hydrogens (primary N) is 1. The van der Waals surface area contributed by atoms with Gasteiger partial charge in [-0.3, -0.25) is 9.97 Å². The van der Waals surface area contributed by atoms with Crippen LogP contribution in [0.5, 0.6) is 0 Å². The Balaban J connectivity index is 1.96. The lowest BCUT2D eigenvalue weighted by molar-refractivity contribution is 0.918. The van der Waals surface area contributed by atoms with Gasteiger partial charge in [0.2, 0.25) is 5.95 Å². The zero-order valence-electron chi connectivity index (χ0n) is 10.4. The summed E-state index contributed by atoms with van der Waals surface area (Å²) < 4.78 is 1.72. The molecule has 4 aromatic rings. The summed E-state index contributed by atoms with van der Waals surface area (Å²) in [6.07, 6.45) is 6.96. The molecule has 0 spiro atoms. The van der Waals surface area contributed by atoms with Crippen LogP contribution < -0.4 is 5.73 Å². The lowest BCUT2D eigenvalue weighted by Gasteiger charge is -2.02. The zero-order chi connectivity index (χ0) is 13.5. The van der Waals surface area contributed by atoms with E-state index in [1.165, 1.54) is 0 Å². The molecule has 3 heterocycles. The van der Waals surface area contributed by atoms with Crippen molar-refractivity contribution in [1.29, 1.82) is 0 Å². The van der Waals surface area contributed by atoms with Crippen LogP contribution in [0.2, 0.25) is 0 Å². The van der Waals surface area contributed by atoms with E-state index in [0.29, 0.717) is 0 Å². The molecule has 0 saturated heterocycles. The molecule has 0 aliphatic rings. The van der Waals surface area contributed by atoms with Crippen LogP contribution in [0.25, 0.3) is 27.7 Å². The van der Waals surface area contributed by atoms with E-state index >= 15 is 0 Å². The first-order valence-electron chi connectivity index (χ1n) is 6.12. The average molecular weight is 262 g/mol. The van der Waals surface area contributed by atoms with Gasteiger partial charge in [-0.05, 0) is 23.8 Å². The van der Waals surface area contributed by atoms with Gasteiger partial charge in [-0.15, -0.1) is 5.10 Å². The van der Waals surface area contributed by atoms with Crippen molar-refractivity contribution >= 4 is 22.5 Å². The van der Waals surface area contributed by atoms with Gasteiger partial charge in [0, 0.05) is 24.2 Å². The average Bonchev–Trinajstić information content (AvgIpc) is 2.89. The molecule has 1 aromatic carbocycles. The van der Waals surface area contributed by atoms with E-state index in [-0.39, 0.29) is 5.95 Å². The first-order chi connectivity index (χ1) is 9.81. The molecule has 96 valence electrons. The van der Waals surface area contributed by atoms with Crippen molar-refractivity contribution in [3.8, 4) is 11.1 Å². The molecule has 4 rings (SSSR count). The number of benzene rings is 1. The van der Waals surface area contributed by atoms with E-state index in [9.17, 15) is 0 Å². The number of nitrogen functional groups attached to an aromatic ring is 1. The van der Waals surface area contributed by atoms with E-state index in [1.807, 2.05) is 30.5 Å². The number of aromatic nitrogens is 5. The Morgan fingerprint density at radius 2 is 1.80 bits per heavy atom. The summed E-state index contributed by atoms with van der Waals surface area (Å²) in [5.74, 6) is 0.254. The molecular weight excluding hydrogens is 252 g/mol. The second kappa shape index (κ2) is 3.99. The van der Waals surface area contributed by atoms with Crippen molar-refractivity contribution in [2.45, 2.75) is 0 Å². The van der Waals surface area contributed by atoms with Crippen LogP contribution in [0, 0.1) is 0 Å². The summed E-state index contributed by atoms with van der Waals surface area (Å²) in [6.45, 7) is 0. The Kier molecular flexibility index (Phi) is 2.17. The maximum absolute atomic E-state index is 5.58. The van der Waals surface area contributed by atoms with Crippen LogP contribution in [0.15, 0.2) is 49.1 Å².